The molecule has 0 fully saturated rings. The zero-order chi connectivity index (χ0) is 17.5. The third kappa shape index (κ3) is 2.37. The summed E-state index contributed by atoms with van der Waals surface area (Å²) < 4.78 is 19.8. The highest BCUT2D eigenvalue weighted by Crippen LogP contribution is 2.41. The van der Waals surface area contributed by atoms with Gasteiger partial charge in [-0.15, -0.1) is 0 Å². The number of methoxy groups -OCH3 is 1. The van der Waals surface area contributed by atoms with E-state index in [4.69, 9.17) is 4.74 Å². The first-order valence-corrected chi connectivity index (χ1v) is 7.63. The Morgan fingerprint density at radius 2 is 1.83 bits per heavy atom. The van der Waals surface area contributed by atoms with E-state index in [1.807, 2.05) is 24.3 Å². The summed E-state index contributed by atoms with van der Waals surface area (Å²) in [7, 11) is 1.59. The number of aldehydes is 1. The van der Waals surface area contributed by atoms with Crippen molar-refractivity contribution in [1.82, 2.24) is 4.90 Å². The smallest absolute Gasteiger partial charge is 0.255 e. The maximum atomic E-state index is 14.6. The Kier molecular flexibility index (Phi) is 3.87. The van der Waals surface area contributed by atoms with E-state index in [-0.39, 0.29) is 17.0 Å². The summed E-state index contributed by atoms with van der Waals surface area (Å²) in [5.41, 5.74) is 0.652. The Morgan fingerprint density at radius 1 is 1.17 bits per heavy atom. The van der Waals surface area contributed by atoms with Gasteiger partial charge in [0.1, 0.15) is 11.6 Å². The topological polar surface area (TPSA) is 46.6 Å². The third-order valence-electron chi connectivity index (χ3n) is 4.56. The molecule has 5 heteroatoms. The largest absolute Gasteiger partial charge is 0.497 e. The van der Waals surface area contributed by atoms with Crippen LogP contribution < -0.4 is 4.74 Å². The van der Waals surface area contributed by atoms with Gasteiger partial charge in [-0.05, 0) is 43.7 Å². The molecule has 0 radical (unpaired) electrons. The molecule has 2 aromatic carbocycles. The molecule has 24 heavy (non-hydrogen) atoms. The fourth-order valence-electron chi connectivity index (χ4n) is 3.18. The van der Waals surface area contributed by atoms with Crippen molar-refractivity contribution in [2.24, 2.45) is 0 Å². The maximum absolute atomic E-state index is 14.6. The van der Waals surface area contributed by atoms with Gasteiger partial charge in [0.2, 0.25) is 0 Å². The lowest BCUT2D eigenvalue weighted by molar-refractivity contribution is 0.0592. The first kappa shape index (κ1) is 16.2. The summed E-state index contributed by atoms with van der Waals surface area (Å²) in [5.74, 6) is -0.115. The minimum absolute atomic E-state index is 0.0269. The molecule has 0 unspecified atom stereocenters. The molecule has 0 N–H and O–H groups in total. The van der Waals surface area contributed by atoms with E-state index >= 15 is 0 Å². The standard InChI is InChI=1S/C19H18FNO3/c1-19(2)16-15(9-6-13(11-22)17(16)20)18(23)21(19)10-12-4-7-14(24-3)8-5-12/h4-9,11H,10H2,1-3H3. The number of carbonyl (C=O) groups excluding carboxylic acids is 2. The Balaban J connectivity index is 1.99. The van der Waals surface area contributed by atoms with E-state index in [9.17, 15) is 14.0 Å². The summed E-state index contributed by atoms with van der Waals surface area (Å²) in [6.07, 6.45) is 0.475. The molecule has 0 atom stereocenters. The predicted molar refractivity (Wildman–Crippen MR) is 87.7 cm³/mol. The zero-order valence-electron chi connectivity index (χ0n) is 13.8. The number of amides is 1. The van der Waals surface area contributed by atoms with Crippen molar-refractivity contribution in [3.05, 3.63) is 64.5 Å². The van der Waals surface area contributed by atoms with Gasteiger partial charge in [-0.1, -0.05) is 12.1 Å². The van der Waals surface area contributed by atoms with Crippen LogP contribution >= 0.6 is 0 Å². The lowest BCUT2D eigenvalue weighted by atomic mass is 9.91. The Bertz CT molecular complexity index is 812. The van der Waals surface area contributed by atoms with Crippen LogP contribution in [0.15, 0.2) is 36.4 Å². The molecular formula is C19H18FNO3. The molecule has 0 spiro atoms. The van der Waals surface area contributed by atoms with E-state index < -0.39 is 11.4 Å². The van der Waals surface area contributed by atoms with Crippen molar-refractivity contribution in [2.75, 3.05) is 7.11 Å². The van der Waals surface area contributed by atoms with Crippen molar-refractivity contribution in [1.29, 1.82) is 0 Å². The molecule has 0 bridgehead atoms. The van der Waals surface area contributed by atoms with Crippen LogP contribution in [0.1, 0.15) is 45.7 Å². The van der Waals surface area contributed by atoms with E-state index in [2.05, 4.69) is 0 Å². The molecule has 1 aliphatic rings. The highest BCUT2D eigenvalue weighted by molar-refractivity contribution is 6.00. The number of hydrogen-bond donors (Lipinski definition) is 0. The average Bonchev–Trinajstić information content (AvgIpc) is 2.77. The Hall–Kier alpha value is -2.69. The van der Waals surface area contributed by atoms with E-state index in [0.29, 0.717) is 18.4 Å². The first-order valence-electron chi connectivity index (χ1n) is 7.63. The number of benzene rings is 2. The molecule has 1 heterocycles. The van der Waals surface area contributed by atoms with Crippen molar-refractivity contribution in [2.45, 2.75) is 25.9 Å². The minimum atomic E-state index is -0.838. The maximum Gasteiger partial charge on any atom is 0.255 e. The molecule has 2 aromatic rings. The highest BCUT2D eigenvalue weighted by atomic mass is 19.1. The van der Waals surface area contributed by atoms with E-state index in [0.717, 1.165) is 11.3 Å². The second-order valence-corrected chi connectivity index (χ2v) is 6.31. The van der Waals surface area contributed by atoms with Crippen molar-refractivity contribution in [3.8, 4) is 5.75 Å². The van der Waals surface area contributed by atoms with E-state index in [1.54, 1.807) is 25.9 Å². The number of ether oxygens (including phenoxy) is 1. The molecule has 0 aromatic heterocycles. The third-order valence-corrected chi connectivity index (χ3v) is 4.56. The van der Waals surface area contributed by atoms with Crippen LogP contribution in [-0.2, 0) is 12.1 Å². The molecule has 124 valence electrons. The molecular weight excluding hydrogens is 309 g/mol. The van der Waals surface area contributed by atoms with Crippen LogP contribution in [0.25, 0.3) is 0 Å². The van der Waals surface area contributed by atoms with Crippen molar-refractivity contribution in [3.63, 3.8) is 0 Å². The predicted octanol–water partition coefficient (Wildman–Crippen LogP) is 3.54. The number of hydrogen-bond acceptors (Lipinski definition) is 3. The summed E-state index contributed by atoms with van der Waals surface area (Å²) in [6, 6.07) is 10.3. The first-order chi connectivity index (χ1) is 11.4. The van der Waals surface area contributed by atoms with Crippen LogP contribution in [-0.4, -0.2) is 24.2 Å². The van der Waals surface area contributed by atoms with Gasteiger partial charge in [0.15, 0.2) is 6.29 Å². The van der Waals surface area contributed by atoms with Crippen molar-refractivity contribution < 1.29 is 18.7 Å². The van der Waals surface area contributed by atoms with Gasteiger partial charge in [0.05, 0.1) is 18.2 Å². The Morgan fingerprint density at radius 3 is 2.42 bits per heavy atom. The Labute approximate surface area is 139 Å². The van der Waals surface area contributed by atoms with Crippen molar-refractivity contribution >= 4 is 12.2 Å². The second-order valence-electron chi connectivity index (χ2n) is 6.31. The minimum Gasteiger partial charge on any atom is -0.497 e. The second kappa shape index (κ2) is 5.74. The number of rotatable bonds is 4. The normalized spacial score (nSPS) is 15.3. The van der Waals surface area contributed by atoms with Gasteiger partial charge in [-0.2, -0.15) is 0 Å². The van der Waals surface area contributed by atoms with Crippen LogP contribution in [0.4, 0.5) is 4.39 Å². The van der Waals surface area contributed by atoms with Gasteiger partial charge in [-0.3, -0.25) is 9.59 Å². The molecule has 3 rings (SSSR count). The molecule has 0 saturated heterocycles. The monoisotopic (exact) mass is 327 g/mol. The van der Waals surface area contributed by atoms with Crippen LogP contribution in [0, 0.1) is 5.82 Å². The summed E-state index contributed by atoms with van der Waals surface area (Å²) in [4.78, 5) is 25.4. The molecule has 4 nitrogen and oxygen atoms in total. The molecule has 1 aliphatic heterocycles. The highest BCUT2D eigenvalue weighted by Gasteiger charge is 2.45. The van der Waals surface area contributed by atoms with Crippen LogP contribution in [0.2, 0.25) is 0 Å². The number of nitrogens with zero attached hydrogens (tertiary/aromatic N) is 1. The lowest BCUT2D eigenvalue weighted by Gasteiger charge is -2.33. The summed E-state index contributed by atoms with van der Waals surface area (Å²) in [6.45, 7) is 3.93. The molecule has 1 amide bonds. The van der Waals surface area contributed by atoms with Gasteiger partial charge < -0.3 is 9.64 Å². The number of carbonyl (C=O) groups is 2. The molecule has 0 saturated carbocycles. The summed E-state index contributed by atoms with van der Waals surface area (Å²) >= 11 is 0. The quantitative estimate of drug-likeness (QED) is 0.807. The summed E-state index contributed by atoms with van der Waals surface area (Å²) in [5, 5.41) is 0. The number of halogens is 1. The van der Waals surface area contributed by atoms with Gasteiger partial charge in [0.25, 0.3) is 5.91 Å². The SMILES string of the molecule is COc1ccc(CN2C(=O)c3ccc(C=O)c(F)c3C2(C)C)cc1. The zero-order valence-corrected chi connectivity index (χ0v) is 13.8. The number of fused-ring (bicyclic) bond motifs is 1. The van der Waals surface area contributed by atoms with Crippen LogP contribution in [0.3, 0.4) is 0 Å². The fourth-order valence-corrected chi connectivity index (χ4v) is 3.18. The molecule has 0 aliphatic carbocycles. The average molecular weight is 327 g/mol. The van der Waals surface area contributed by atoms with E-state index in [1.165, 1.54) is 12.1 Å². The fraction of sp³-hybridized carbons (Fsp3) is 0.263. The van der Waals surface area contributed by atoms with Gasteiger partial charge in [0, 0.05) is 17.7 Å². The van der Waals surface area contributed by atoms with Gasteiger partial charge in [-0.25, -0.2) is 4.39 Å². The van der Waals surface area contributed by atoms with Gasteiger partial charge >= 0.3 is 0 Å². The lowest BCUT2D eigenvalue weighted by Crippen LogP contribution is -2.38. The van der Waals surface area contributed by atoms with Crippen LogP contribution in [0.5, 0.6) is 5.75 Å².